The van der Waals surface area contributed by atoms with E-state index < -0.39 is 17.6 Å². The summed E-state index contributed by atoms with van der Waals surface area (Å²) in [4.78, 5) is 33.7. The van der Waals surface area contributed by atoms with Crippen LogP contribution < -0.4 is 5.63 Å². The van der Waals surface area contributed by atoms with E-state index in [0.29, 0.717) is 11.0 Å². The maximum atomic E-state index is 11.7. The van der Waals surface area contributed by atoms with E-state index in [4.69, 9.17) is 14.3 Å². The van der Waals surface area contributed by atoms with Gasteiger partial charge in [0, 0.05) is 11.8 Å². The zero-order valence-electron chi connectivity index (χ0n) is 10.5. The molecule has 0 aliphatic carbocycles. The molecule has 1 N–H and O–H groups in total. The zero-order chi connectivity index (χ0) is 14.5. The Labute approximate surface area is 113 Å². The number of ether oxygens (including phenoxy) is 1. The highest BCUT2D eigenvalue weighted by Crippen LogP contribution is 2.13. The Morgan fingerprint density at radius 2 is 2.00 bits per heavy atom. The van der Waals surface area contributed by atoms with Crippen molar-refractivity contribution < 1.29 is 23.8 Å². The van der Waals surface area contributed by atoms with Crippen LogP contribution in [0.5, 0.6) is 0 Å². The van der Waals surface area contributed by atoms with Crippen LogP contribution in [0.15, 0.2) is 39.5 Å². The van der Waals surface area contributed by atoms with Gasteiger partial charge in [-0.05, 0) is 18.6 Å². The van der Waals surface area contributed by atoms with E-state index in [-0.39, 0.29) is 25.0 Å². The fourth-order valence-corrected chi connectivity index (χ4v) is 1.67. The molecule has 2 rings (SSSR count). The van der Waals surface area contributed by atoms with Crippen molar-refractivity contribution >= 4 is 22.9 Å². The lowest BCUT2D eigenvalue weighted by Gasteiger charge is -2.03. The molecule has 0 aliphatic heterocycles. The predicted molar refractivity (Wildman–Crippen MR) is 69.6 cm³/mol. The van der Waals surface area contributed by atoms with Crippen LogP contribution in [-0.4, -0.2) is 23.7 Å². The molecule has 0 saturated carbocycles. The van der Waals surface area contributed by atoms with Gasteiger partial charge in [0.15, 0.2) is 0 Å². The lowest BCUT2D eigenvalue weighted by molar-refractivity contribution is -0.137. The van der Waals surface area contributed by atoms with Crippen LogP contribution in [0.4, 0.5) is 0 Å². The number of rotatable bonds is 5. The molecule has 0 unspecified atom stereocenters. The first-order valence-corrected chi connectivity index (χ1v) is 6.00. The summed E-state index contributed by atoms with van der Waals surface area (Å²) in [5.41, 5.74) is -0.578. The van der Waals surface area contributed by atoms with Crippen molar-refractivity contribution in [3.05, 3.63) is 46.3 Å². The maximum Gasteiger partial charge on any atom is 0.351 e. The van der Waals surface area contributed by atoms with Gasteiger partial charge in [0.1, 0.15) is 11.1 Å². The first-order chi connectivity index (χ1) is 9.58. The molecule has 6 nitrogen and oxygen atoms in total. The van der Waals surface area contributed by atoms with Gasteiger partial charge in [-0.25, -0.2) is 9.59 Å². The van der Waals surface area contributed by atoms with Crippen LogP contribution in [0.25, 0.3) is 11.0 Å². The number of hydrogen-bond donors (Lipinski definition) is 1. The lowest BCUT2D eigenvalue weighted by atomic mass is 10.2. The Morgan fingerprint density at radius 3 is 2.75 bits per heavy atom. The SMILES string of the molecule is O=C(O)CCCOC(=O)c1cc2ccccc2oc1=O. The van der Waals surface area contributed by atoms with Gasteiger partial charge in [-0.1, -0.05) is 18.2 Å². The van der Waals surface area contributed by atoms with E-state index >= 15 is 0 Å². The second kappa shape index (κ2) is 6.01. The summed E-state index contributed by atoms with van der Waals surface area (Å²) in [6.07, 6.45) is 0.0968. The minimum absolute atomic E-state index is 0.0581. The van der Waals surface area contributed by atoms with Crippen molar-refractivity contribution in [2.75, 3.05) is 6.61 Å². The third kappa shape index (κ3) is 3.23. The molecular formula is C14H12O6. The maximum absolute atomic E-state index is 11.7. The molecule has 0 radical (unpaired) electrons. The van der Waals surface area contributed by atoms with E-state index in [9.17, 15) is 14.4 Å². The van der Waals surface area contributed by atoms with Gasteiger partial charge in [-0.2, -0.15) is 0 Å². The van der Waals surface area contributed by atoms with Crippen molar-refractivity contribution in [3.8, 4) is 0 Å². The summed E-state index contributed by atoms with van der Waals surface area (Å²) in [6.45, 7) is -0.0581. The molecule has 0 bridgehead atoms. The Hall–Kier alpha value is -2.63. The second-order valence-electron chi connectivity index (χ2n) is 4.12. The van der Waals surface area contributed by atoms with Crippen LogP contribution in [0, 0.1) is 0 Å². The number of carboxylic acid groups (broad SMARTS) is 1. The monoisotopic (exact) mass is 276 g/mol. The molecule has 0 amide bonds. The molecule has 1 aromatic carbocycles. The van der Waals surface area contributed by atoms with Gasteiger partial charge in [0.25, 0.3) is 0 Å². The number of carbonyl (C=O) groups is 2. The van der Waals surface area contributed by atoms with E-state index in [1.807, 2.05) is 0 Å². The standard InChI is InChI=1S/C14H12O6/c15-12(16)6-3-7-19-13(17)10-8-9-4-1-2-5-11(9)20-14(10)18/h1-2,4-5,8H,3,6-7H2,(H,15,16). The van der Waals surface area contributed by atoms with E-state index in [0.717, 1.165) is 0 Å². The average molecular weight is 276 g/mol. The molecule has 104 valence electrons. The highest BCUT2D eigenvalue weighted by molar-refractivity contribution is 5.92. The number of fused-ring (bicyclic) bond motifs is 1. The molecule has 0 atom stereocenters. The van der Waals surface area contributed by atoms with Gasteiger partial charge in [-0.3, -0.25) is 4.79 Å². The predicted octanol–water partition coefficient (Wildman–Crippen LogP) is 1.81. The third-order valence-electron chi connectivity index (χ3n) is 2.63. The minimum atomic E-state index is -0.966. The summed E-state index contributed by atoms with van der Waals surface area (Å²) < 4.78 is 9.85. The number of benzene rings is 1. The molecule has 0 fully saturated rings. The summed E-state index contributed by atoms with van der Waals surface area (Å²) in [5, 5.41) is 9.07. The Morgan fingerprint density at radius 1 is 1.25 bits per heavy atom. The molecule has 1 aromatic heterocycles. The second-order valence-corrected chi connectivity index (χ2v) is 4.12. The number of carboxylic acids is 1. The topological polar surface area (TPSA) is 93.8 Å². The number of aliphatic carboxylic acids is 1. The largest absolute Gasteiger partial charge is 0.481 e. The summed E-state index contributed by atoms with van der Waals surface area (Å²) >= 11 is 0. The average Bonchev–Trinajstić information content (AvgIpc) is 2.42. The van der Waals surface area contributed by atoms with Gasteiger partial charge >= 0.3 is 17.6 Å². The smallest absolute Gasteiger partial charge is 0.351 e. The van der Waals surface area contributed by atoms with Crippen LogP contribution in [0.1, 0.15) is 23.2 Å². The van der Waals surface area contributed by atoms with Crippen molar-refractivity contribution in [1.82, 2.24) is 0 Å². The third-order valence-corrected chi connectivity index (χ3v) is 2.63. The Kier molecular flexibility index (Phi) is 4.14. The van der Waals surface area contributed by atoms with Gasteiger partial charge in [-0.15, -0.1) is 0 Å². The fourth-order valence-electron chi connectivity index (χ4n) is 1.67. The quantitative estimate of drug-likeness (QED) is 0.508. The Bertz CT molecular complexity index is 700. The first-order valence-electron chi connectivity index (χ1n) is 6.00. The van der Waals surface area contributed by atoms with Crippen molar-refractivity contribution in [1.29, 1.82) is 0 Å². The van der Waals surface area contributed by atoms with Crippen LogP contribution in [0.3, 0.4) is 0 Å². The van der Waals surface area contributed by atoms with Crippen LogP contribution in [0.2, 0.25) is 0 Å². The minimum Gasteiger partial charge on any atom is -0.481 e. The molecular weight excluding hydrogens is 264 g/mol. The summed E-state index contributed by atoms with van der Waals surface area (Å²) in [7, 11) is 0. The molecule has 0 spiro atoms. The van der Waals surface area contributed by atoms with E-state index in [1.165, 1.54) is 6.07 Å². The normalized spacial score (nSPS) is 10.4. The zero-order valence-corrected chi connectivity index (χ0v) is 10.5. The van der Waals surface area contributed by atoms with Gasteiger partial charge in [0.2, 0.25) is 0 Å². The summed E-state index contributed by atoms with van der Waals surface area (Å²) in [5.74, 6) is -1.78. The lowest BCUT2D eigenvalue weighted by Crippen LogP contribution is -2.17. The van der Waals surface area contributed by atoms with Crippen molar-refractivity contribution in [2.24, 2.45) is 0 Å². The molecule has 20 heavy (non-hydrogen) atoms. The molecule has 0 saturated heterocycles. The fraction of sp³-hybridized carbons (Fsp3) is 0.214. The van der Waals surface area contributed by atoms with Crippen LogP contribution in [-0.2, 0) is 9.53 Å². The molecule has 2 aromatic rings. The number of para-hydroxylation sites is 1. The van der Waals surface area contributed by atoms with Crippen molar-refractivity contribution in [2.45, 2.75) is 12.8 Å². The Balaban J connectivity index is 2.11. The highest BCUT2D eigenvalue weighted by Gasteiger charge is 2.15. The molecule has 6 heteroatoms. The first kappa shape index (κ1) is 13.8. The van der Waals surface area contributed by atoms with Crippen LogP contribution >= 0.6 is 0 Å². The number of esters is 1. The van der Waals surface area contributed by atoms with Gasteiger partial charge in [0.05, 0.1) is 6.61 Å². The van der Waals surface area contributed by atoms with Gasteiger partial charge < -0.3 is 14.3 Å². The van der Waals surface area contributed by atoms with Crippen molar-refractivity contribution in [3.63, 3.8) is 0 Å². The number of hydrogen-bond acceptors (Lipinski definition) is 5. The molecule has 1 heterocycles. The van der Waals surface area contributed by atoms with E-state index in [1.54, 1.807) is 24.3 Å². The summed E-state index contributed by atoms with van der Waals surface area (Å²) in [6, 6.07) is 8.21. The highest BCUT2D eigenvalue weighted by atomic mass is 16.5. The van der Waals surface area contributed by atoms with E-state index in [2.05, 4.69) is 0 Å². The molecule has 0 aliphatic rings. The number of carbonyl (C=O) groups excluding carboxylic acids is 1.